The summed E-state index contributed by atoms with van der Waals surface area (Å²) in [4.78, 5) is 15.1. The van der Waals surface area contributed by atoms with Gasteiger partial charge in [-0.1, -0.05) is 29.8 Å². The molecule has 7 heteroatoms. The normalized spacial score (nSPS) is 16.4. The molecule has 0 aliphatic carbocycles. The summed E-state index contributed by atoms with van der Waals surface area (Å²) in [7, 11) is 0. The molecule has 28 heavy (non-hydrogen) atoms. The number of hydrogen-bond donors (Lipinski definition) is 1. The fraction of sp³-hybridized carbons (Fsp3) is 0.190. The number of H-pyrrole nitrogens is 1. The van der Waals surface area contributed by atoms with Crippen LogP contribution in [-0.2, 0) is 6.42 Å². The smallest absolute Gasteiger partial charge is 0.274 e. The number of rotatable bonds is 2. The largest absolute Gasteiger partial charge is 0.330 e. The molecule has 1 unspecified atom stereocenters. The number of aromatic amines is 1. The van der Waals surface area contributed by atoms with Gasteiger partial charge in [0, 0.05) is 24.5 Å². The molecule has 5 rings (SSSR count). The van der Waals surface area contributed by atoms with Crippen LogP contribution in [0.4, 0.5) is 0 Å². The predicted molar refractivity (Wildman–Crippen MR) is 107 cm³/mol. The number of nitrogens with one attached hydrogen (secondary N) is 1. The molecule has 0 saturated carbocycles. The van der Waals surface area contributed by atoms with E-state index >= 15 is 0 Å². The highest BCUT2D eigenvalue weighted by atomic mass is 35.5. The molecule has 1 aliphatic heterocycles. The number of carbonyl (C=O) groups excluding carboxylic acids is 1. The molecule has 6 nitrogen and oxygen atoms in total. The van der Waals surface area contributed by atoms with E-state index in [9.17, 15) is 4.79 Å². The highest BCUT2D eigenvalue weighted by Crippen LogP contribution is 2.36. The Hall–Kier alpha value is -3.12. The van der Waals surface area contributed by atoms with Crippen molar-refractivity contribution in [2.75, 3.05) is 6.54 Å². The van der Waals surface area contributed by atoms with Crippen molar-refractivity contribution in [2.45, 2.75) is 19.4 Å². The molecule has 1 atom stereocenters. The summed E-state index contributed by atoms with van der Waals surface area (Å²) in [5, 5.41) is 12.0. The van der Waals surface area contributed by atoms with Gasteiger partial charge in [-0.3, -0.25) is 9.89 Å². The van der Waals surface area contributed by atoms with Gasteiger partial charge in [-0.15, -0.1) is 0 Å². The van der Waals surface area contributed by atoms with E-state index in [1.54, 1.807) is 16.8 Å². The Morgan fingerprint density at radius 2 is 2.18 bits per heavy atom. The van der Waals surface area contributed by atoms with Gasteiger partial charge in [-0.05, 0) is 48.2 Å². The summed E-state index contributed by atoms with van der Waals surface area (Å²) >= 11 is 6.03. The maximum Gasteiger partial charge on any atom is 0.274 e. The van der Waals surface area contributed by atoms with E-state index in [1.807, 2.05) is 35.5 Å². The van der Waals surface area contributed by atoms with Crippen molar-refractivity contribution in [2.24, 2.45) is 0 Å². The van der Waals surface area contributed by atoms with Crippen LogP contribution in [0.1, 0.15) is 34.6 Å². The second kappa shape index (κ2) is 6.49. The van der Waals surface area contributed by atoms with Gasteiger partial charge in [-0.25, -0.2) is 4.52 Å². The van der Waals surface area contributed by atoms with Crippen molar-refractivity contribution in [3.8, 4) is 11.1 Å². The van der Waals surface area contributed by atoms with Gasteiger partial charge in [0.05, 0.1) is 22.8 Å². The zero-order chi connectivity index (χ0) is 19.3. The molecule has 1 amide bonds. The van der Waals surface area contributed by atoms with Crippen LogP contribution in [0.25, 0.3) is 16.6 Å². The number of halogens is 1. The third-order valence-corrected chi connectivity index (χ3v) is 5.67. The fourth-order valence-corrected chi connectivity index (χ4v) is 4.18. The van der Waals surface area contributed by atoms with Crippen molar-refractivity contribution in [1.29, 1.82) is 0 Å². The first-order valence-electron chi connectivity index (χ1n) is 9.18. The molecule has 4 aromatic rings. The van der Waals surface area contributed by atoms with Crippen LogP contribution >= 0.6 is 11.6 Å². The van der Waals surface area contributed by atoms with Gasteiger partial charge in [0.25, 0.3) is 5.91 Å². The van der Waals surface area contributed by atoms with Gasteiger partial charge in [-0.2, -0.15) is 10.2 Å². The number of fused-ring (bicyclic) bond motifs is 2. The lowest BCUT2D eigenvalue weighted by atomic mass is 9.88. The van der Waals surface area contributed by atoms with E-state index in [2.05, 4.69) is 34.4 Å². The summed E-state index contributed by atoms with van der Waals surface area (Å²) in [6, 6.07) is 11.7. The molecule has 0 bridgehead atoms. The Morgan fingerprint density at radius 3 is 3.00 bits per heavy atom. The minimum Gasteiger partial charge on any atom is -0.330 e. The Labute approximate surface area is 166 Å². The minimum atomic E-state index is -0.0633. The average Bonchev–Trinajstić information content (AvgIpc) is 3.37. The number of aromatic nitrogens is 4. The number of pyridine rings is 1. The van der Waals surface area contributed by atoms with Crippen LogP contribution in [0, 0.1) is 0 Å². The van der Waals surface area contributed by atoms with Crippen molar-refractivity contribution in [3.05, 3.63) is 76.8 Å². The van der Waals surface area contributed by atoms with Crippen LogP contribution in [-0.4, -0.2) is 37.2 Å². The van der Waals surface area contributed by atoms with Crippen molar-refractivity contribution in [3.63, 3.8) is 0 Å². The molecule has 0 radical (unpaired) electrons. The number of benzene rings is 1. The topological polar surface area (TPSA) is 66.3 Å². The molecular weight excluding hydrogens is 374 g/mol. The second-order valence-corrected chi connectivity index (χ2v) is 7.47. The molecule has 1 aliphatic rings. The lowest BCUT2D eigenvalue weighted by Crippen LogP contribution is -2.39. The standard InChI is InChI=1S/C21H18ClN5O/c1-13-17-3-2-4-18(14-10-23-24-11-14)19(17)7-8-26(13)21(28)20-9-16-6-5-15(22)12-27(16)25-20/h2-6,9-13H,7-8H2,1H3,(H,23,24). The van der Waals surface area contributed by atoms with Crippen molar-refractivity contribution in [1.82, 2.24) is 24.7 Å². The lowest BCUT2D eigenvalue weighted by Gasteiger charge is -2.35. The SMILES string of the molecule is CC1c2cccc(-c3cn[nH]c3)c2CCN1C(=O)c1cc2ccc(Cl)cn2n1. The maximum absolute atomic E-state index is 13.2. The monoisotopic (exact) mass is 391 g/mol. The predicted octanol–water partition coefficient (Wildman–Crippen LogP) is 4.14. The van der Waals surface area contributed by atoms with E-state index in [0.717, 1.165) is 17.5 Å². The van der Waals surface area contributed by atoms with Gasteiger partial charge >= 0.3 is 0 Å². The summed E-state index contributed by atoms with van der Waals surface area (Å²) in [5.41, 5.74) is 5.98. The molecule has 0 fully saturated rings. The first kappa shape index (κ1) is 17.0. The van der Waals surface area contributed by atoms with Gasteiger partial charge in [0.1, 0.15) is 0 Å². The number of carbonyl (C=O) groups is 1. The van der Waals surface area contributed by atoms with Crippen molar-refractivity contribution < 1.29 is 4.79 Å². The van der Waals surface area contributed by atoms with Crippen LogP contribution < -0.4 is 0 Å². The number of amides is 1. The Kier molecular flexibility index (Phi) is 3.94. The zero-order valence-electron chi connectivity index (χ0n) is 15.3. The highest BCUT2D eigenvalue weighted by Gasteiger charge is 2.31. The Morgan fingerprint density at radius 1 is 1.29 bits per heavy atom. The Balaban J connectivity index is 1.49. The van der Waals surface area contributed by atoms with Gasteiger partial charge < -0.3 is 4.90 Å². The van der Waals surface area contributed by atoms with E-state index in [-0.39, 0.29) is 11.9 Å². The van der Waals surface area contributed by atoms with E-state index in [1.165, 1.54) is 16.7 Å². The summed E-state index contributed by atoms with van der Waals surface area (Å²) in [6.45, 7) is 2.72. The van der Waals surface area contributed by atoms with Gasteiger partial charge in [0.15, 0.2) is 5.69 Å². The molecule has 0 spiro atoms. The van der Waals surface area contributed by atoms with Crippen LogP contribution in [0.15, 0.2) is 55.0 Å². The summed E-state index contributed by atoms with van der Waals surface area (Å²) < 4.78 is 1.65. The van der Waals surface area contributed by atoms with Crippen LogP contribution in [0.3, 0.4) is 0 Å². The maximum atomic E-state index is 13.2. The van der Waals surface area contributed by atoms with Crippen LogP contribution in [0.2, 0.25) is 5.02 Å². The quantitative estimate of drug-likeness (QED) is 0.558. The first-order valence-corrected chi connectivity index (χ1v) is 9.56. The molecule has 140 valence electrons. The second-order valence-electron chi connectivity index (χ2n) is 7.03. The summed E-state index contributed by atoms with van der Waals surface area (Å²) in [6.07, 6.45) is 6.24. The zero-order valence-corrected chi connectivity index (χ0v) is 16.0. The van der Waals surface area contributed by atoms with Crippen LogP contribution in [0.5, 0.6) is 0 Å². The summed E-state index contributed by atoms with van der Waals surface area (Å²) in [5.74, 6) is -0.0633. The minimum absolute atomic E-state index is 0.0310. The molecule has 0 saturated heterocycles. The fourth-order valence-electron chi connectivity index (χ4n) is 4.03. The molecule has 1 N–H and O–H groups in total. The first-order chi connectivity index (χ1) is 13.6. The van der Waals surface area contributed by atoms with Crippen molar-refractivity contribution >= 4 is 23.0 Å². The number of nitrogens with zero attached hydrogens (tertiary/aromatic N) is 4. The molecule has 1 aromatic carbocycles. The van der Waals surface area contributed by atoms with E-state index in [0.29, 0.717) is 17.3 Å². The van der Waals surface area contributed by atoms with E-state index in [4.69, 9.17) is 11.6 Å². The van der Waals surface area contributed by atoms with E-state index < -0.39 is 0 Å². The van der Waals surface area contributed by atoms with Gasteiger partial charge in [0.2, 0.25) is 0 Å². The lowest BCUT2D eigenvalue weighted by molar-refractivity contribution is 0.0671. The third kappa shape index (κ3) is 2.68. The molecule has 3 aromatic heterocycles. The highest BCUT2D eigenvalue weighted by molar-refractivity contribution is 6.30. The Bertz CT molecular complexity index is 1180. The molecule has 4 heterocycles. The number of hydrogen-bond acceptors (Lipinski definition) is 3. The average molecular weight is 392 g/mol. The third-order valence-electron chi connectivity index (χ3n) is 5.45. The molecular formula is C21H18ClN5O.